The summed E-state index contributed by atoms with van der Waals surface area (Å²) in [6, 6.07) is 8.14. The van der Waals surface area contributed by atoms with Crippen LogP contribution in [0.1, 0.15) is 22.5 Å². The molecule has 0 aliphatic rings. The van der Waals surface area contributed by atoms with Gasteiger partial charge in [-0.2, -0.15) is 13.2 Å². The highest BCUT2D eigenvalue weighted by molar-refractivity contribution is 7.89. The Morgan fingerprint density at radius 1 is 1.24 bits per heavy atom. The maximum Gasteiger partial charge on any atom is 0.390 e. The van der Waals surface area contributed by atoms with E-state index in [0.29, 0.717) is 5.56 Å². The fourth-order valence-corrected chi connectivity index (χ4v) is 3.29. The molecule has 1 amide bonds. The predicted octanol–water partition coefficient (Wildman–Crippen LogP) is 2.75. The number of aromatic nitrogens is 2. The molecule has 0 fully saturated rings. The van der Waals surface area contributed by atoms with Gasteiger partial charge in [0.2, 0.25) is 10.0 Å². The summed E-state index contributed by atoms with van der Waals surface area (Å²) in [6.07, 6.45) is -4.60. The van der Waals surface area contributed by atoms with E-state index in [1.54, 1.807) is 35.1 Å². The van der Waals surface area contributed by atoms with Crippen LogP contribution in [0.2, 0.25) is 5.15 Å². The summed E-state index contributed by atoms with van der Waals surface area (Å²) < 4.78 is 63.4. The number of sulfonamides is 1. The van der Waals surface area contributed by atoms with E-state index in [4.69, 9.17) is 11.6 Å². The van der Waals surface area contributed by atoms with Crippen molar-refractivity contribution in [3.63, 3.8) is 0 Å². The first kappa shape index (κ1) is 19.3. The quantitative estimate of drug-likeness (QED) is 0.815. The number of nitrogens with zero attached hydrogens (tertiary/aromatic N) is 2. The SMILES string of the molecule is O=C(NS(=O)(=O)Cc1ccccc1)c1ncn(CCC(F)(F)F)c1Cl. The van der Waals surface area contributed by atoms with E-state index in [-0.39, 0.29) is 5.15 Å². The Hall–Kier alpha value is -2.07. The first-order chi connectivity index (χ1) is 11.6. The van der Waals surface area contributed by atoms with Gasteiger partial charge < -0.3 is 4.57 Å². The third-order valence-electron chi connectivity index (χ3n) is 3.07. The molecule has 0 saturated heterocycles. The molecule has 0 unspecified atom stereocenters. The van der Waals surface area contributed by atoms with E-state index in [2.05, 4.69) is 4.98 Å². The molecule has 0 saturated carbocycles. The number of benzene rings is 1. The lowest BCUT2D eigenvalue weighted by Crippen LogP contribution is -2.32. The molecule has 6 nitrogen and oxygen atoms in total. The average Bonchev–Trinajstić information content (AvgIpc) is 2.85. The highest BCUT2D eigenvalue weighted by Gasteiger charge is 2.28. The third kappa shape index (κ3) is 5.75. The summed E-state index contributed by atoms with van der Waals surface area (Å²) in [5.41, 5.74) is 0.00470. The van der Waals surface area contributed by atoms with Crippen LogP contribution in [0.25, 0.3) is 0 Å². The number of hydrogen-bond acceptors (Lipinski definition) is 4. The van der Waals surface area contributed by atoms with Gasteiger partial charge >= 0.3 is 6.18 Å². The molecule has 11 heteroatoms. The molecular weight excluding hydrogens is 383 g/mol. The van der Waals surface area contributed by atoms with Crippen LogP contribution in [0.5, 0.6) is 0 Å². The molecule has 25 heavy (non-hydrogen) atoms. The minimum Gasteiger partial charge on any atom is -0.321 e. The predicted molar refractivity (Wildman–Crippen MR) is 84.4 cm³/mol. The van der Waals surface area contributed by atoms with Crippen molar-refractivity contribution in [2.45, 2.75) is 24.9 Å². The number of halogens is 4. The lowest BCUT2D eigenvalue weighted by atomic mass is 10.2. The summed E-state index contributed by atoms with van der Waals surface area (Å²) in [7, 11) is -4.01. The Labute approximate surface area is 146 Å². The summed E-state index contributed by atoms with van der Waals surface area (Å²) >= 11 is 5.81. The lowest BCUT2D eigenvalue weighted by Gasteiger charge is -2.08. The topological polar surface area (TPSA) is 81.1 Å². The highest BCUT2D eigenvalue weighted by Crippen LogP contribution is 2.23. The molecule has 0 aliphatic heterocycles. The van der Waals surface area contributed by atoms with E-state index in [9.17, 15) is 26.4 Å². The Morgan fingerprint density at radius 3 is 2.48 bits per heavy atom. The van der Waals surface area contributed by atoms with Crippen molar-refractivity contribution in [3.05, 3.63) is 53.1 Å². The molecule has 0 bridgehead atoms. The number of carbonyl (C=O) groups excluding carboxylic acids is 1. The molecule has 1 heterocycles. The van der Waals surface area contributed by atoms with Crippen LogP contribution in [0.4, 0.5) is 13.2 Å². The second-order valence-electron chi connectivity index (χ2n) is 5.12. The smallest absolute Gasteiger partial charge is 0.321 e. The monoisotopic (exact) mass is 395 g/mol. The van der Waals surface area contributed by atoms with E-state index in [1.165, 1.54) is 0 Å². The van der Waals surface area contributed by atoms with Crippen molar-refractivity contribution in [2.24, 2.45) is 0 Å². The van der Waals surface area contributed by atoms with Gasteiger partial charge in [0.25, 0.3) is 5.91 Å². The van der Waals surface area contributed by atoms with Crippen molar-refractivity contribution in [1.29, 1.82) is 0 Å². The molecule has 0 radical (unpaired) electrons. The Balaban J connectivity index is 2.07. The first-order valence-corrected chi connectivity index (χ1v) is 8.96. The van der Waals surface area contributed by atoms with Crippen LogP contribution in [-0.2, 0) is 22.3 Å². The molecule has 1 aromatic heterocycles. The molecular formula is C14H13ClF3N3O3S. The minimum absolute atomic E-state index is 0.364. The molecule has 2 rings (SSSR count). The largest absolute Gasteiger partial charge is 0.390 e. The summed E-state index contributed by atoms with van der Waals surface area (Å²) in [5.74, 6) is -1.54. The van der Waals surface area contributed by atoms with Gasteiger partial charge in [0.15, 0.2) is 5.69 Å². The van der Waals surface area contributed by atoms with E-state index in [0.717, 1.165) is 10.9 Å². The van der Waals surface area contributed by atoms with Gasteiger partial charge in [-0.3, -0.25) is 4.79 Å². The minimum atomic E-state index is -4.39. The zero-order valence-corrected chi connectivity index (χ0v) is 14.2. The number of rotatable bonds is 6. The van der Waals surface area contributed by atoms with Gasteiger partial charge in [-0.15, -0.1) is 0 Å². The van der Waals surface area contributed by atoms with Gasteiger partial charge in [0, 0.05) is 6.54 Å². The first-order valence-electron chi connectivity index (χ1n) is 6.93. The standard InChI is InChI=1S/C14H13ClF3N3O3S/c15-12-11(19-9-21(12)7-6-14(16,17)18)13(22)20-25(23,24)8-10-4-2-1-3-5-10/h1-5,9H,6-8H2,(H,20,22). The van der Waals surface area contributed by atoms with Crippen LogP contribution in [0, 0.1) is 0 Å². The molecule has 0 aliphatic carbocycles. The van der Waals surface area contributed by atoms with E-state index in [1.807, 2.05) is 0 Å². The number of amides is 1. The van der Waals surface area contributed by atoms with Crippen molar-refractivity contribution in [3.8, 4) is 0 Å². The van der Waals surface area contributed by atoms with Gasteiger partial charge in [-0.25, -0.2) is 18.1 Å². The van der Waals surface area contributed by atoms with Crippen LogP contribution >= 0.6 is 11.6 Å². The number of nitrogens with one attached hydrogen (secondary N) is 1. The third-order valence-corrected chi connectivity index (χ3v) is 4.68. The zero-order chi connectivity index (χ0) is 18.7. The van der Waals surface area contributed by atoms with Crippen LogP contribution in [0.15, 0.2) is 36.7 Å². The summed E-state index contributed by atoms with van der Waals surface area (Å²) in [5, 5.41) is -0.364. The summed E-state index contributed by atoms with van der Waals surface area (Å²) in [4.78, 5) is 15.6. The molecule has 1 N–H and O–H groups in total. The second kappa shape index (κ2) is 7.44. The van der Waals surface area contributed by atoms with Crippen molar-refractivity contribution in [2.75, 3.05) is 0 Å². The maximum atomic E-state index is 12.2. The van der Waals surface area contributed by atoms with Gasteiger partial charge in [0.1, 0.15) is 5.15 Å². The number of imidazole rings is 1. The van der Waals surface area contributed by atoms with E-state index >= 15 is 0 Å². The second-order valence-corrected chi connectivity index (χ2v) is 7.20. The van der Waals surface area contributed by atoms with Crippen LogP contribution < -0.4 is 4.72 Å². The molecule has 136 valence electrons. The lowest BCUT2D eigenvalue weighted by molar-refractivity contribution is -0.136. The Morgan fingerprint density at radius 2 is 1.88 bits per heavy atom. The average molecular weight is 396 g/mol. The molecule has 1 aromatic carbocycles. The number of carbonyl (C=O) groups is 1. The normalized spacial score (nSPS) is 12.2. The van der Waals surface area contributed by atoms with Crippen molar-refractivity contribution >= 4 is 27.5 Å². The number of aryl methyl sites for hydroxylation is 1. The fourth-order valence-electron chi connectivity index (χ4n) is 1.94. The van der Waals surface area contributed by atoms with Gasteiger partial charge in [0.05, 0.1) is 18.5 Å². The van der Waals surface area contributed by atoms with Crippen LogP contribution in [-0.4, -0.2) is 30.1 Å². The number of hydrogen-bond donors (Lipinski definition) is 1. The van der Waals surface area contributed by atoms with Crippen LogP contribution in [0.3, 0.4) is 0 Å². The highest BCUT2D eigenvalue weighted by atomic mass is 35.5. The number of alkyl halides is 3. The zero-order valence-electron chi connectivity index (χ0n) is 12.6. The molecule has 2 aromatic rings. The van der Waals surface area contributed by atoms with Gasteiger partial charge in [-0.05, 0) is 5.56 Å². The Bertz CT molecular complexity index is 851. The fraction of sp³-hybridized carbons (Fsp3) is 0.286. The maximum absolute atomic E-state index is 12.2. The Kier molecular flexibility index (Phi) is 5.73. The summed E-state index contributed by atoms with van der Waals surface area (Å²) in [6.45, 7) is -0.528. The van der Waals surface area contributed by atoms with E-state index < -0.39 is 46.5 Å². The van der Waals surface area contributed by atoms with Gasteiger partial charge in [-0.1, -0.05) is 41.9 Å². The molecule has 0 atom stereocenters. The van der Waals surface area contributed by atoms with Crippen molar-refractivity contribution in [1.82, 2.24) is 14.3 Å². The molecule has 0 spiro atoms. The van der Waals surface area contributed by atoms with Crippen molar-refractivity contribution < 1.29 is 26.4 Å².